The molecule has 1 aliphatic rings. The molecule has 100 valence electrons. The maximum absolute atomic E-state index is 11.9. The topological polar surface area (TPSA) is 63.4 Å². The number of carbonyl (C=O) groups is 2. The van der Waals surface area contributed by atoms with E-state index < -0.39 is 0 Å². The molecule has 2 N–H and O–H groups in total. The van der Waals surface area contributed by atoms with Gasteiger partial charge in [0.2, 0.25) is 11.8 Å². The van der Waals surface area contributed by atoms with Crippen LogP contribution in [0.5, 0.6) is 0 Å². The smallest absolute Gasteiger partial charge is 0.229 e. The van der Waals surface area contributed by atoms with Gasteiger partial charge in [0.15, 0.2) is 0 Å². The molecule has 2 amide bonds. The summed E-state index contributed by atoms with van der Waals surface area (Å²) in [7, 11) is 0. The van der Waals surface area contributed by atoms with E-state index in [4.69, 9.17) is 5.73 Å². The molecular formula is C14H16N2O2S. The number of thiophene rings is 1. The molecule has 1 fully saturated rings. The molecule has 0 aromatic carbocycles. The lowest BCUT2D eigenvalue weighted by Gasteiger charge is -2.28. The molecule has 1 saturated heterocycles. The predicted molar refractivity (Wildman–Crippen MR) is 74.2 cm³/mol. The standard InChI is InChI=1S/C14H16N2O2S/c1-10-7-13(17)16(14(18)8-10)9-12-11(3-2-5-15)4-6-19-12/h4,6,10H,5,7-9,15H2,1H3. The molecule has 5 heteroatoms. The summed E-state index contributed by atoms with van der Waals surface area (Å²) in [6.07, 6.45) is 0.891. The Kier molecular flexibility index (Phi) is 4.35. The van der Waals surface area contributed by atoms with Gasteiger partial charge in [0, 0.05) is 23.3 Å². The first-order chi connectivity index (χ1) is 9.11. The summed E-state index contributed by atoms with van der Waals surface area (Å²) in [5.74, 6) is 5.73. The number of amides is 2. The number of piperidine rings is 1. The van der Waals surface area contributed by atoms with E-state index in [1.54, 1.807) is 0 Å². The van der Waals surface area contributed by atoms with Crippen LogP contribution in [0, 0.1) is 17.8 Å². The Morgan fingerprint density at radius 3 is 2.74 bits per heavy atom. The number of rotatable bonds is 2. The Balaban J connectivity index is 2.15. The van der Waals surface area contributed by atoms with Crippen LogP contribution in [0.15, 0.2) is 11.4 Å². The number of hydrogen-bond acceptors (Lipinski definition) is 4. The summed E-state index contributed by atoms with van der Waals surface area (Å²) in [6, 6.07) is 1.89. The molecule has 4 nitrogen and oxygen atoms in total. The van der Waals surface area contributed by atoms with Gasteiger partial charge in [0.05, 0.1) is 13.1 Å². The Morgan fingerprint density at radius 2 is 2.11 bits per heavy atom. The van der Waals surface area contributed by atoms with Crippen molar-refractivity contribution in [2.75, 3.05) is 6.54 Å². The van der Waals surface area contributed by atoms with Gasteiger partial charge in [-0.2, -0.15) is 0 Å². The van der Waals surface area contributed by atoms with Gasteiger partial charge in [-0.1, -0.05) is 18.8 Å². The molecule has 2 heterocycles. The Labute approximate surface area is 116 Å². The van der Waals surface area contributed by atoms with Gasteiger partial charge < -0.3 is 5.73 Å². The van der Waals surface area contributed by atoms with Crippen molar-refractivity contribution in [3.05, 3.63) is 21.9 Å². The highest BCUT2D eigenvalue weighted by atomic mass is 32.1. The van der Waals surface area contributed by atoms with Crippen LogP contribution >= 0.6 is 11.3 Å². The average Bonchev–Trinajstić information content (AvgIpc) is 2.78. The van der Waals surface area contributed by atoms with Crippen LogP contribution in [-0.2, 0) is 16.1 Å². The maximum Gasteiger partial charge on any atom is 0.229 e. The van der Waals surface area contributed by atoms with Gasteiger partial charge in [0.25, 0.3) is 0 Å². The fraction of sp³-hybridized carbons (Fsp3) is 0.429. The zero-order valence-corrected chi connectivity index (χ0v) is 11.6. The number of carbonyl (C=O) groups excluding carboxylic acids is 2. The quantitative estimate of drug-likeness (QED) is 0.655. The molecule has 0 aliphatic carbocycles. The lowest BCUT2D eigenvalue weighted by Crippen LogP contribution is -2.42. The van der Waals surface area contributed by atoms with Crippen LogP contribution < -0.4 is 5.73 Å². The first-order valence-corrected chi connectivity index (χ1v) is 7.08. The molecule has 1 aromatic rings. The van der Waals surface area contributed by atoms with Gasteiger partial charge in [0.1, 0.15) is 0 Å². The molecule has 0 radical (unpaired) electrons. The van der Waals surface area contributed by atoms with E-state index in [0.717, 1.165) is 10.4 Å². The number of imide groups is 1. The molecule has 0 spiro atoms. The van der Waals surface area contributed by atoms with Gasteiger partial charge >= 0.3 is 0 Å². The molecular weight excluding hydrogens is 260 g/mol. The van der Waals surface area contributed by atoms with Gasteiger partial charge in [-0.15, -0.1) is 11.3 Å². The van der Waals surface area contributed by atoms with E-state index >= 15 is 0 Å². The second-order valence-corrected chi connectivity index (χ2v) is 5.65. The Morgan fingerprint density at radius 1 is 1.42 bits per heavy atom. The third-order valence-corrected chi connectivity index (χ3v) is 3.93. The molecule has 1 aromatic heterocycles. The largest absolute Gasteiger partial charge is 0.320 e. The zero-order valence-electron chi connectivity index (χ0n) is 10.8. The van der Waals surface area contributed by atoms with Crippen molar-refractivity contribution in [3.63, 3.8) is 0 Å². The third-order valence-electron chi connectivity index (χ3n) is 3.02. The minimum atomic E-state index is -0.0881. The number of likely N-dealkylation sites (tertiary alicyclic amines) is 1. The first kappa shape index (κ1) is 13.8. The molecule has 0 saturated carbocycles. The summed E-state index contributed by atoms with van der Waals surface area (Å²) in [6.45, 7) is 2.56. The van der Waals surface area contributed by atoms with Crippen LogP contribution in [-0.4, -0.2) is 23.3 Å². The van der Waals surface area contributed by atoms with Crippen molar-refractivity contribution < 1.29 is 9.59 Å². The van der Waals surface area contributed by atoms with Crippen LogP contribution in [0.3, 0.4) is 0 Å². The lowest BCUT2D eigenvalue weighted by molar-refractivity contribution is -0.150. The fourth-order valence-corrected chi connectivity index (χ4v) is 2.89. The predicted octanol–water partition coefficient (Wildman–Crippen LogP) is 1.34. The van der Waals surface area contributed by atoms with Crippen molar-refractivity contribution in [2.24, 2.45) is 11.7 Å². The second-order valence-electron chi connectivity index (χ2n) is 4.65. The van der Waals surface area contributed by atoms with E-state index in [2.05, 4.69) is 11.8 Å². The summed E-state index contributed by atoms with van der Waals surface area (Å²) in [5, 5.41) is 1.91. The molecule has 0 bridgehead atoms. The van der Waals surface area contributed by atoms with Gasteiger partial charge in [-0.3, -0.25) is 14.5 Å². The van der Waals surface area contributed by atoms with Gasteiger partial charge in [-0.05, 0) is 17.4 Å². The molecule has 2 rings (SSSR count). The molecule has 0 atom stereocenters. The average molecular weight is 276 g/mol. The fourth-order valence-electron chi connectivity index (χ4n) is 2.07. The summed E-state index contributed by atoms with van der Waals surface area (Å²) in [5.41, 5.74) is 6.21. The minimum absolute atomic E-state index is 0.0881. The molecule has 19 heavy (non-hydrogen) atoms. The summed E-state index contributed by atoms with van der Waals surface area (Å²) < 4.78 is 0. The SMILES string of the molecule is CC1CC(=O)N(Cc2sccc2C#CCN)C(=O)C1. The number of hydrogen-bond donors (Lipinski definition) is 1. The van der Waals surface area contributed by atoms with Crippen molar-refractivity contribution in [1.29, 1.82) is 0 Å². The van der Waals surface area contributed by atoms with Crippen LogP contribution in [0.25, 0.3) is 0 Å². The van der Waals surface area contributed by atoms with Crippen molar-refractivity contribution in [3.8, 4) is 11.8 Å². The lowest BCUT2D eigenvalue weighted by atomic mass is 9.97. The number of nitrogens with two attached hydrogens (primary N) is 1. The van der Waals surface area contributed by atoms with E-state index in [1.165, 1.54) is 16.2 Å². The van der Waals surface area contributed by atoms with Crippen molar-refractivity contribution >= 4 is 23.2 Å². The first-order valence-electron chi connectivity index (χ1n) is 6.20. The summed E-state index contributed by atoms with van der Waals surface area (Å²) >= 11 is 1.51. The summed E-state index contributed by atoms with van der Waals surface area (Å²) in [4.78, 5) is 26.1. The zero-order chi connectivity index (χ0) is 13.8. The van der Waals surface area contributed by atoms with E-state index in [0.29, 0.717) is 25.9 Å². The maximum atomic E-state index is 11.9. The van der Waals surface area contributed by atoms with Crippen molar-refractivity contribution in [1.82, 2.24) is 4.90 Å². The second kappa shape index (κ2) is 6.00. The monoisotopic (exact) mass is 276 g/mol. The third kappa shape index (κ3) is 3.22. The highest BCUT2D eigenvalue weighted by Crippen LogP contribution is 2.24. The number of nitrogens with zero attached hydrogens (tertiary/aromatic N) is 1. The Bertz CT molecular complexity index is 535. The van der Waals surface area contributed by atoms with Crippen molar-refractivity contribution in [2.45, 2.75) is 26.3 Å². The van der Waals surface area contributed by atoms with Gasteiger partial charge in [-0.25, -0.2) is 0 Å². The van der Waals surface area contributed by atoms with Crippen LogP contribution in [0.4, 0.5) is 0 Å². The Hall–Kier alpha value is -1.64. The highest BCUT2D eigenvalue weighted by molar-refractivity contribution is 7.10. The van der Waals surface area contributed by atoms with Crippen LogP contribution in [0.2, 0.25) is 0 Å². The van der Waals surface area contributed by atoms with E-state index in [-0.39, 0.29) is 17.7 Å². The van der Waals surface area contributed by atoms with Crippen LogP contribution in [0.1, 0.15) is 30.2 Å². The minimum Gasteiger partial charge on any atom is -0.320 e. The highest BCUT2D eigenvalue weighted by Gasteiger charge is 2.30. The van der Waals surface area contributed by atoms with E-state index in [1.807, 2.05) is 18.4 Å². The normalized spacial score (nSPS) is 16.4. The molecule has 1 aliphatic heterocycles. The molecule has 0 unspecified atom stereocenters. The van der Waals surface area contributed by atoms with E-state index in [9.17, 15) is 9.59 Å².